The first kappa shape index (κ1) is 19.3. The first-order chi connectivity index (χ1) is 14.1. The van der Waals surface area contributed by atoms with Gasteiger partial charge in [0.15, 0.2) is 6.10 Å². The van der Waals surface area contributed by atoms with Crippen molar-refractivity contribution in [3.8, 4) is 5.75 Å². The van der Waals surface area contributed by atoms with Crippen LogP contribution in [0.3, 0.4) is 0 Å². The fourth-order valence-corrected chi connectivity index (χ4v) is 3.98. The topological polar surface area (TPSA) is 97.4 Å². The molecular weight excluding hydrogens is 386 g/mol. The van der Waals surface area contributed by atoms with E-state index < -0.39 is 12.2 Å². The lowest BCUT2D eigenvalue weighted by molar-refractivity contribution is 0.0825. The minimum absolute atomic E-state index is 0.0347. The number of hydrogen-bond acceptors (Lipinski definition) is 5. The number of carbonyl (C=O) groups excluding carboxylic acids is 1. The van der Waals surface area contributed by atoms with E-state index in [1.165, 1.54) is 24.2 Å². The van der Waals surface area contributed by atoms with Crippen LogP contribution in [0.4, 0.5) is 4.79 Å². The van der Waals surface area contributed by atoms with Crippen LogP contribution in [0.5, 0.6) is 5.75 Å². The molecule has 1 fully saturated rings. The number of nitrogens with two attached hydrogens (primary N) is 1. The van der Waals surface area contributed by atoms with Crippen molar-refractivity contribution in [2.24, 2.45) is 11.7 Å². The van der Waals surface area contributed by atoms with Crippen LogP contribution in [-0.4, -0.2) is 25.1 Å². The van der Waals surface area contributed by atoms with Gasteiger partial charge in [0, 0.05) is 16.6 Å². The third kappa shape index (κ3) is 4.86. The van der Waals surface area contributed by atoms with Crippen LogP contribution in [-0.2, 0) is 4.74 Å². The van der Waals surface area contributed by atoms with Crippen molar-refractivity contribution in [1.29, 1.82) is 5.41 Å². The SMILES string of the molecule is N=C(N)c1cc2c(OC(COC(=O)NCC3CC3)c3ccccc3)cccc2s1. The van der Waals surface area contributed by atoms with Crippen LogP contribution >= 0.6 is 11.3 Å². The summed E-state index contributed by atoms with van der Waals surface area (Å²) in [4.78, 5) is 12.7. The predicted molar refractivity (Wildman–Crippen MR) is 115 cm³/mol. The van der Waals surface area contributed by atoms with Gasteiger partial charge in [-0.1, -0.05) is 36.4 Å². The fourth-order valence-electron chi connectivity index (χ4n) is 3.04. The van der Waals surface area contributed by atoms with E-state index in [-0.39, 0.29) is 12.4 Å². The number of fused-ring (bicyclic) bond motifs is 1. The summed E-state index contributed by atoms with van der Waals surface area (Å²) >= 11 is 1.45. The van der Waals surface area contributed by atoms with Crippen molar-refractivity contribution in [1.82, 2.24) is 5.32 Å². The lowest BCUT2D eigenvalue weighted by atomic mass is 10.1. The molecule has 0 bridgehead atoms. The van der Waals surface area contributed by atoms with E-state index in [1.807, 2.05) is 54.6 Å². The van der Waals surface area contributed by atoms with Gasteiger partial charge >= 0.3 is 6.09 Å². The highest BCUT2D eigenvalue weighted by Gasteiger charge is 2.23. The second-order valence-corrected chi connectivity index (χ2v) is 8.22. The summed E-state index contributed by atoms with van der Waals surface area (Å²) in [6.45, 7) is 0.762. The van der Waals surface area contributed by atoms with Crippen LogP contribution < -0.4 is 15.8 Å². The number of nitrogens with one attached hydrogen (secondary N) is 2. The minimum Gasteiger partial charge on any atom is -0.481 e. The van der Waals surface area contributed by atoms with E-state index in [0.717, 1.165) is 15.6 Å². The Morgan fingerprint density at radius 1 is 1.21 bits per heavy atom. The number of benzene rings is 2. The van der Waals surface area contributed by atoms with E-state index in [4.69, 9.17) is 20.6 Å². The summed E-state index contributed by atoms with van der Waals surface area (Å²) in [5.41, 5.74) is 6.56. The van der Waals surface area contributed by atoms with Gasteiger partial charge in [-0.25, -0.2) is 4.79 Å². The van der Waals surface area contributed by atoms with Gasteiger partial charge in [-0.15, -0.1) is 11.3 Å². The standard InChI is InChI=1S/C22H23N3O3S/c23-21(24)20-11-16-17(7-4-8-19(16)29-20)28-18(15-5-2-1-3-6-15)13-27-22(26)25-12-14-9-10-14/h1-8,11,14,18H,9-10,12-13H2,(H3,23,24)(H,25,26). The van der Waals surface area contributed by atoms with Crippen molar-refractivity contribution in [3.63, 3.8) is 0 Å². The molecule has 0 spiro atoms. The summed E-state index contributed by atoms with van der Waals surface area (Å²) in [7, 11) is 0. The molecule has 29 heavy (non-hydrogen) atoms. The highest BCUT2D eigenvalue weighted by atomic mass is 32.1. The maximum Gasteiger partial charge on any atom is 0.407 e. The molecule has 1 aliphatic rings. The second kappa shape index (κ2) is 8.53. The van der Waals surface area contributed by atoms with Gasteiger partial charge in [-0.3, -0.25) is 5.41 Å². The van der Waals surface area contributed by atoms with Gasteiger partial charge in [-0.2, -0.15) is 0 Å². The molecule has 1 saturated carbocycles. The number of amidine groups is 1. The van der Waals surface area contributed by atoms with Crippen LogP contribution in [0.15, 0.2) is 54.6 Å². The van der Waals surface area contributed by atoms with Gasteiger partial charge < -0.3 is 20.5 Å². The Morgan fingerprint density at radius 2 is 2.00 bits per heavy atom. The predicted octanol–water partition coefficient (Wildman–Crippen LogP) is 4.44. The van der Waals surface area contributed by atoms with Crippen molar-refractivity contribution in [2.75, 3.05) is 13.2 Å². The van der Waals surface area contributed by atoms with E-state index in [1.54, 1.807) is 0 Å². The van der Waals surface area contributed by atoms with E-state index in [2.05, 4.69) is 5.32 Å². The lowest BCUT2D eigenvalue weighted by Crippen LogP contribution is -2.28. The Kier molecular flexibility index (Phi) is 5.67. The molecule has 4 rings (SSSR count). The molecule has 1 aliphatic carbocycles. The Morgan fingerprint density at radius 3 is 2.72 bits per heavy atom. The van der Waals surface area contributed by atoms with E-state index in [0.29, 0.717) is 23.1 Å². The van der Waals surface area contributed by atoms with Crippen LogP contribution in [0.1, 0.15) is 29.4 Å². The van der Waals surface area contributed by atoms with Crippen molar-refractivity contribution >= 4 is 33.4 Å². The van der Waals surface area contributed by atoms with Crippen LogP contribution in [0.25, 0.3) is 10.1 Å². The first-order valence-corrected chi connectivity index (χ1v) is 10.4. The third-order valence-electron chi connectivity index (χ3n) is 4.83. The average Bonchev–Trinajstić information content (AvgIpc) is 3.45. The summed E-state index contributed by atoms with van der Waals surface area (Å²) < 4.78 is 12.7. The average molecular weight is 410 g/mol. The number of amides is 1. The molecule has 0 aliphatic heterocycles. The normalized spacial score (nSPS) is 14.3. The Bertz CT molecular complexity index is 1010. The molecule has 1 atom stereocenters. The Balaban J connectivity index is 1.52. The number of carbonyl (C=O) groups is 1. The smallest absolute Gasteiger partial charge is 0.407 e. The number of thiophene rings is 1. The van der Waals surface area contributed by atoms with Crippen LogP contribution in [0.2, 0.25) is 0 Å². The molecule has 0 radical (unpaired) electrons. The van der Waals surface area contributed by atoms with Gasteiger partial charge in [0.25, 0.3) is 0 Å². The maximum absolute atomic E-state index is 12.0. The molecule has 1 heterocycles. The molecule has 2 aromatic carbocycles. The van der Waals surface area contributed by atoms with Gasteiger partial charge in [0.05, 0.1) is 4.88 Å². The first-order valence-electron chi connectivity index (χ1n) is 9.59. The van der Waals surface area contributed by atoms with Gasteiger partial charge in [0.1, 0.15) is 18.2 Å². The zero-order valence-electron chi connectivity index (χ0n) is 15.9. The van der Waals surface area contributed by atoms with Crippen molar-refractivity contribution in [3.05, 3.63) is 65.0 Å². The second-order valence-electron chi connectivity index (χ2n) is 7.13. The summed E-state index contributed by atoms with van der Waals surface area (Å²) in [5.74, 6) is 1.30. The molecule has 0 saturated heterocycles. The Hall–Kier alpha value is -3.06. The van der Waals surface area contributed by atoms with Crippen molar-refractivity contribution < 1.29 is 14.3 Å². The summed E-state index contributed by atoms with van der Waals surface area (Å²) in [5, 5.41) is 11.4. The molecule has 6 nitrogen and oxygen atoms in total. The van der Waals surface area contributed by atoms with Gasteiger partial charge in [0.2, 0.25) is 0 Å². The molecule has 150 valence electrons. The molecule has 4 N–H and O–H groups in total. The number of rotatable bonds is 8. The van der Waals surface area contributed by atoms with Gasteiger partial charge in [-0.05, 0) is 42.5 Å². The number of hydrogen-bond donors (Lipinski definition) is 3. The fraction of sp³-hybridized carbons (Fsp3) is 0.273. The maximum atomic E-state index is 12.0. The molecule has 7 heteroatoms. The lowest BCUT2D eigenvalue weighted by Gasteiger charge is -2.20. The molecule has 1 aromatic heterocycles. The molecule has 1 unspecified atom stereocenters. The number of nitrogen functional groups attached to an aromatic ring is 1. The summed E-state index contributed by atoms with van der Waals surface area (Å²) in [6.07, 6.45) is 1.47. The molecular formula is C22H23N3O3S. The minimum atomic E-state index is -0.450. The third-order valence-corrected chi connectivity index (χ3v) is 5.96. The van der Waals surface area contributed by atoms with Crippen LogP contribution in [0, 0.1) is 11.3 Å². The highest BCUT2D eigenvalue weighted by Crippen LogP contribution is 2.35. The number of ether oxygens (including phenoxy) is 2. The largest absolute Gasteiger partial charge is 0.481 e. The van der Waals surface area contributed by atoms with Crippen molar-refractivity contribution in [2.45, 2.75) is 18.9 Å². The summed E-state index contributed by atoms with van der Waals surface area (Å²) in [6, 6.07) is 17.3. The van der Waals surface area contributed by atoms with E-state index in [9.17, 15) is 4.79 Å². The quantitative estimate of drug-likeness (QED) is 0.378. The Labute approximate surface area is 173 Å². The number of alkyl carbamates (subject to hydrolysis) is 1. The molecule has 3 aromatic rings. The highest BCUT2D eigenvalue weighted by molar-refractivity contribution is 7.20. The van der Waals surface area contributed by atoms with E-state index >= 15 is 0 Å². The molecule has 1 amide bonds. The monoisotopic (exact) mass is 409 g/mol. The zero-order valence-corrected chi connectivity index (χ0v) is 16.7. The zero-order chi connectivity index (χ0) is 20.2.